The first-order valence-corrected chi connectivity index (χ1v) is 11.4. The van der Waals surface area contributed by atoms with Crippen LogP contribution in [0.5, 0.6) is 11.6 Å². The molecule has 0 saturated carbocycles. The zero-order valence-electron chi connectivity index (χ0n) is 18.3. The van der Waals surface area contributed by atoms with E-state index in [1.54, 1.807) is 7.11 Å². The molecule has 3 heterocycles. The fourth-order valence-corrected chi connectivity index (χ4v) is 4.46. The third-order valence-electron chi connectivity index (χ3n) is 5.94. The minimum atomic E-state index is 0.524. The summed E-state index contributed by atoms with van der Waals surface area (Å²) in [6.07, 6.45) is 6.83. The molecular formula is C23H34N4O3. The number of fused-ring (bicyclic) bond motifs is 2. The number of pyridine rings is 2. The fourth-order valence-electron chi connectivity index (χ4n) is 4.46. The van der Waals surface area contributed by atoms with Crippen LogP contribution in [0.2, 0.25) is 0 Å². The van der Waals surface area contributed by atoms with Crippen molar-refractivity contribution in [2.45, 2.75) is 45.4 Å². The number of methoxy groups -OCH3 is 1. The number of hydrogen-bond acceptors (Lipinski definition) is 7. The minimum absolute atomic E-state index is 0.524. The maximum Gasteiger partial charge on any atom is 0.257 e. The molecule has 0 amide bonds. The highest BCUT2D eigenvalue weighted by Gasteiger charge is 2.22. The monoisotopic (exact) mass is 414 g/mol. The van der Waals surface area contributed by atoms with Crippen LogP contribution in [-0.4, -0.2) is 68.0 Å². The molecule has 1 fully saturated rings. The lowest BCUT2D eigenvalue weighted by Crippen LogP contribution is -2.22. The Morgan fingerprint density at radius 1 is 1.10 bits per heavy atom. The second-order valence-electron chi connectivity index (χ2n) is 8.00. The highest BCUT2D eigenvalue weighted by molar-refractivity contribution is 5.91. The van der Waals surface area contributed by atoms with Gasteiger partial charge in [-0.1, -0.05) is 0 Å². The molecule has 0 aromatic carbocycles. The lowest BCUT2D eigenvalue weighted by molar-refractivity contribution is 0.158. The van der Waals surface area contributed by atoms with Gasteiger partial charge in [-0.3, -0.25) is 4.98 Å². The van der Waals surface area contributed by atoms with Crippen molar-refractivity contribution in [1.29, 1.82) is 0 Å². The molecule has 0 unspecified atom stereocenters. The van der Waals surface area contributed by atoms with Gasteiger partial charge in [0.05, 0.1) is 31.5 Å². The van der Waals surface area contributed by atoms with Gasteiger partial charge >= 0.3 is 0 Å². The smallest absolute Gasteiger partial charge is 0.257 e. The quantitative estimate of drug-likeness (QED) is 0.565. The van der Waals surface area contributed by atoms with Crippen LogP contribution in [0.3, 0.4) is 0 Å². The zero-order chi connectivity index (χ0) is 20.8. The number of nitrogens with zero attached hydrogens (tertiary/aromatic N) is 3. The van der Waals surface area contributed by atoms with Crippen molar-refractivity contribution in [3.63, 3.8) is 0 Å². The van der Waals surface area contributed by atoms with E-state index < -0.39 is 0 Å². The predicted octanol–water partition coefficient (Wildman–Crippen LogP) is 3.44. The van der Waals surface area contributed by atoms with Crippen molar-refractivity contribution < 1.29 is 14.2 Å². The average molecular weight is 415 g/mol. The summed E-state index contributed by atoms with van der Waals surface area (Å²) in [6, 6.07) is 1.99. The number of rotatable bonds is 11. The van der Waals surface area contributed by atoms with Gasteiger partial charge in [-0.15, -0.1) is 0 Å². The molecule has 1 aliphatic carbocycles. The molecule has 1 N–H and O–H groups in total. The summed E-state index contributed by atoms with van der Waals surface area (Å²) in [4.78, 5) is 12.2. The number of aryl methyl sites for hydroxylation is 1. The normalized spacial score (nSPS) is 16.2. The first-order valence-electron chi connectivity index (χ1n) is 11.4. The summed E-state index contributed by atoms with van der Waals surface area (Å²) in [7, 11) is 1.65. The predicted molar refractivity (Wildman–Crippen MR) is 119 cm³/mol. The third kappa shape index (κ3) is 4.78. The van der Waals surface area contributed by atoms with Crippen LogP contribution in [0.1, 0.15) is 43.9 Å². The van der Waals surface area contributed by atoms with Crippen molar-refractivity contribution in [3.05, 3.63) is 17.3 Å². The Morgan fingerprint density at radius 2 is 1.97 bits per heavy atom. The molecule has 2 aromatic rings. The number of aromatic nitrogens is 2. The molecule has 2 aromatic heterocycles. The molecule has 4 rings (SSSR count). The lowest BCUT2D eigenvalue weighted by Gasteiger charge is -2.17. The first kappa shape index (κ1) is 21.1. The van der Waals surface area contributed by atoms with Crippen LogP contribution in [0, 0.1) is 0 Å². The minimum Gasteiger partial charge on any atom is -0.488 e. The molecule has 7 heteroatoms. The largest absolute Gasteiger partial charge is 0.488 e. The molecule has 2 aliphatic rings. The van der Waals surface area contributed by atoms with Gasteiger partial charge in [0, 0.05) is 31.5 Å². The van der Waals surface area contributed by atoms with Crippen LogP contribution in [0.4, 0.5) is 5.69 Å². The third-order valence-corrected chi connectivity index (χ3v) is 5.94. The SMILES string of the molecule is CCOCCNc1c2c(nc3cc(OCCCN4CCCC4)c(OC)nc13)CCC2. The van der Waals surface area contributed by atoms with Gasteiger partial charge in [0.2, 0.25) is 0 Å². The van der Waals surface area contributed by atoms with E-state index in [2.05, 4.69) is 10.2 Å². The second kappa shape index (κ2) is 10.3. The van der Waals surface area contributed by atoms with Crippen molar-refractivity contribution in [3.8, 4) is 11.6 Å². The average Bonchev–Trinajstić information content (AvgIpc) is 3.45. The van der Waals surface area contributed by atoms with Crippen molar-refractivity contribution in [2.24, 2.45) is 0 Å². The molecule has 7 nitrogen and oxygen atoms in total. The summed E-state index contributed by atoms with van der Waals surface area (Å²) in [6.45, 7) is 8.33. The Bertz CT molecular complexity index is 852. The molecule has 164 valence electrons. The summed E-state index contributed by atoms with van der Waals surface area (Å²) < 4.78 is 17.1. The van der Waals surface area contributed by atoms with Crippen LogP contribution in [-0.2, 0) is 17.6 Å². The number of hydrogen-bond donors (Lipinski definition) is 1. The fraction of sp³-hybridized carbons (Fsp3) is 0.652. The van der Waals surface area contributed by atoms with E-state index >= 15 is 0 Å². The number of ether oxygens (including phenoxy) is 3. The molecule has 0 bridgehead atoms. The molecular weight excluding hydrogens is 380 g/mol. The molecule has 1 aliphatic heterocycles. The van der Waals surface area contributed by atoms with E-state index in [0.29, 0.717) is 24.8 Å². The Labute approximate surface area is 179 Å². The number of nitrogens with one attached hydrogen (secondary N) is 1. The summed E-state index contributed by atoms with van der Waals surface area (Å²) in [5.41, 5.74) is 5.26. The van der Waals surface area contributed by atoms with Gasteiger partial charge in [0.1, 0.15) is 5.52 Å². The Kier molecular flexibility index (Phi) is 7.23. The molecule has 1 saturated heterocycles. The van der Waals surface area contributed by atoms with Crippen molar-refractivity contribution in [1.82, 2.24) is 14.9 Å². The Balaban J connectivity index is 1.53. The highest BCUT2D eigenvalue weighted by Crippen LogP contribution is 2.37. The van der Waals surface area contributed by atoms with Gasteiger partial charge in [-0.05, 0) is 64.1 Å². The Hall–Kier alpha value is -2.12. The Morgan fingerprint density at radius 3 is 2.77 bits per heavy atom. The van der Waals surface area contributed by atoms with E-state index in [9.17, 15) is 0 Å². The van der Waals surface area contributed by atoms with E-state index in [-0.39, 0.29) is 0 Å². The van der Waals surface area contributed by atoms with Gasteiger partial charge in [0.25, 0.3) is 5.88 Å². The van der Waals surface area contributed by atoms with Gasteiger partial charge in [0.15, 0.2) is 5.75 Å². The lowest BCUT2D eigenvalue weighted by atomic mass is 10.1. The number of likely N-dealkylation sites (tertiary alicyclic amines) is 1. The first-order chi connectivity index (χ1) is 14.8. The molecule has 0 spiro atoms. The van der Waals surface area contributed by atoms with E-state index in [1.807, 2.05) is 13.0 Å². The summed E-state index contributed by atoms with van der Waals surface area (Å²) in [5.74, 6) is 1.20. The van der Waals surface area contributed by atoms with Crippen LogP contribution in [0.15, 0.2) is 6.07 Å². The second-order valence-corrected chi connectivity index (χ2v) is 8.00. The molecule has 30 heavy (non-hydrogen) atoms. The highest BCUT2D eigenvalue weighted by atomic mass is 16.5. The number of anilines is 1. The zero-order valence-corrected chi connectivity index (χ0v) is 18.3. The van der Waals surface area contributed by atoms with Crippen LogP contribution >= 0.6 is 0 Å². The molecule has 0 atom stereocenters. The summed E-state index contributed by atoms with van der Waals surface area (Å²) >= 11 is 0. The van der Waals surface area contributed by atoms with Crippen LogP contribution in [0.25, 0.3) is 11.0 Å². The topological polar surface area (TPSA) is 68.7 Å². The van der Waals surface area contributed by atoms with Crippen molar-refractivity contribution >= 4 is 16.7 Å². The molecule has 0 radical (unpaired) electrons. The van der Waals surface area contributed by atoms with Crippen molar-refractivity contribution in [2.75, 3.05) is 58.4 Å². The van der Waals surface area contributed by atoms with Gasteiger partial charge in [-0.25, -0.2) is 4.98 Å². The van der Waals surface area contributed by atoms with E-state index in [1.165, 1.54) is 37.2 Å². The summed E-state index contributed by atoms with van der Waals surface area (Å²) in [5, 5.41) is 3.55. The maximum absolute atomic E-state index is 6.07. The van der Waals surface area contributed by atoms with E-state index in [0.717, 1.165) is 62.1 Å². The van der Waals surface area contributed by atoms with Crippen LogP contribution < -0.4 is 14.8 Å². The van der Waals surface area contributed by atoms with Gasteiger partial charge < -0.3 is 24.4 Å². The van der Waals surface area contributed by atoms with Gasteiger partial charge in [-0.2, -0.15) is 0 Å². The standard InChI is InChI=1S/C23H34N4O3/c1-3-29-15-10-24-21-17-8-6-9-18(17)25-19-16-20(23(28-2)26-22(19)21)30-14-7-13-27-11-4-5-12-27/h16H,3-15H2,1-2H3,(H,24,25). The maximum atomic E-state index is 6.07. The van der Waals surface area contributed by atoms with E-state index in [4.69, 9.17) is 24.2 Å².